The Hall–Kier alpha value is -4.37. The van der Waals surface area contributed by atoms with Crippen LogP contribution in [0, 0.1) is 0 Å². The summed E-state index contributed by atoms with van der Waals surface area (Å²) in [4.78, 5) is 4.63. The molecule has 0 aliphatic heterocycles. The van der Waals surface area contributed by atoms with Crippen molar-refractivity contribution in [3.63, 3.8) is 0 Å². The highest BCUT2D eigenvalue weighted by molar-refractivity contribution is 6.15. The lowest BCUT2D eigenvalue weighted by Crippen LogP contribution is -2.15. The number of hydrogen-bond acceptors (Lipinski definition) is 1. The van der Waals surface area contributed by atoms with Gasteiger partial charge >= 0.3 is 0 Å². The van der Waals surface area contributed by atoms with E-state index in [0.717, 1.165) is 16.7 Å². The van der Waals surface area contributed by atoms with Crippen LogP contribution in [0.3, 0.4) is 0 Å². The number of fused-ring (bicyclic) bond motifs is 9. The maximum atomic E-state index is 4.63. The minimum Gasteiger partial charge on any atom is -0.332 e. The first kappa shape index (κ1) is 19.9. The van der Waals surface area contributed by atoms with E-state index in [1.165, 1.54) is 54.8 Å². The molecule has 0 fully saturated rings. The average molecular weight is 464 g/mol. The molecule has 0 bridgehead atoms. The van der Waals surface area contributed by atoms with Crippen LogP contribution in [0.25, 0.3) is 60.4 Å². The van der Waals surface area contributed by atoms with Gasteiger partial charge in [0.15, 0.2) is 0 Å². The van der Waals surface area contributed by atoms with E-state index < -0.39 is 0 Å². The second kappa shape index (κ2) is 6.64. The third-order valence-electron chi connectivity index (χ3n) is 8.27. The number of aryl methyl sites for hydroxylation is 1. The first-order chi connectivity index (χ1) is 17.5. The summed E-state index contributed by atoms with van der Waals surface area (Å²) in [6, 6.07) is 33.5. The summed E-state index contributed by atoms with van der Waals surface area (Å²) in [5.74, 6) is 0. The van der Waals surface area contributed by atoms with Gasteiger partial charge in [0.05, 0.1) is 34.1 Å². The molecule has 7 aromatic rings. The molecule has 0 spiro atoms. The quantitative estimate of drug-likeness (QED) is 0.241. The van der Waals surface area contributed by atoms with Crippen molar-refractivity contribution in [2.75, 3.05) is 0 Å². The zero-order valence-electron chi connectivity index (χ0n) is 20.6. The van der Waals surface area contributed by atoms with Gasteiger partial charge in [-0.2, -0.15) is 0 Å². The van der Waals surface area contributed by atoms with Crippen LogP contribution >= 0.6 is 0 Å². The van der Waals surface area contributed by atoms with Crippen molar-refractivity contribution in [2.24, 2.45) is 7.05 Å². The van der Waals surface area contributed by atoms with Crippen molar-refractivity contribution in [3.8, 4) is 16.8 Å². The molecule has 1 aliphatic rings. The van der Waals surface area contributed by atoms with Crippen LogP contribution in [-0.4, -0.2) is 14.1 Å². The van der Waals surface area contributed by atoms with Crippen molar-refractivity contribution in [1.82, 2.24) is 14.1 Å². The second-order valence-electron chi connectivity index (χ2n) is 10.6. The van der Waals surface area contributed by atoms with E-state index in [-0.39, 0.29) is 5.41 Å². The summed E-state index contributed by atoms with van der Waals surface area (Å²) in [7, 11) is 2.08. The molecule has 2 heterocycles. The molecule has 0 radical (unpaired) electrons. The predicted octanol–water partition coefficient (Wildman–Crippen LogP) is 8.13. The van der Waals surface area contributed by atoms with Gasteiger partial charge in [-0.15, -0.1) is 0 Å². The molecular formula is C33H25N3. The molecule has 0 saturated carbocycles. The minimum atomic E-state index is -0.109. The maximum Gasteiger partial charge on any atom is 0.0956 e. The Bertz CT molecular complexity index is 2030. The standard InChI is InChI=1S/C33H25N3/c1-33(2)25-18-21-10-5-4-9-20(21)17-24(25)22-15-16-28-30(31(22)33)23-11-6-7-13-27(23)36(28)29-14-8-12-26-32(29)35(3)19-34-26/h4-19H,1-3H3. The lowest BCUT2D eigenvalue weighted by molar-refractivity contribution is 0.667. The Kier molecular flexibility index (Phi) is 3.67. The fourth-order valence-electron chi connectivity index (χ4n) is 6.68. The maximum absolute atomic E-state index is 4.63. The number of para-hydroxylation sites is 2. The van der Waals surface area contributed by atoms with Gasteiger partial charge in [0.2, 0.25) is 0 Å². The lowest BCUT2D eigenvalue weighted by Gasteiger charge is -2.23. The zero-order valence-corrected chi connectivity index (χ0v) is 20.6. The van der Waals surface area contributed by atoms with Crippen LogP contribution in [0.4, 0.5) is 0 Å². The highest BCUT2D eigenvalue weighted by atomic mass is 15.1. The molecular weight excluding hydrogens is 438 g/mol. The smallest absolute Gasteiger partial charge is 0.0956 e. The molecule has 0 unspecified atom stereocenters. The van der Waals surface area contributed by atoms with Gasteiger partial charge < -0.3 is 9.13 Å². The predicted molar refractivity (Wildman–Crippen MR) is 150 cm³/mol. The van der Waals surface area contributed by atoms with Crippen molar-refractivity contribution in [1.29, 1.82) is 0 Å². The topological polar surface area (TPSA) is 22.8 Å². The summed E-state index contributed by atoms with van der Waals surface area (Å²) < 4.78 is 4.56. The number of nitrogens with zero attached hydrogens (tertiary/aromatic N) is 3. The summed E-state index contributed by atoms with van der Waals surface area (Å²) in [5.41, 5.74) is 11.2. The van der Waals surface area contributed by atoms with E-state index in [1.807, 2.05) is 6.33 Å². The van der Waals surface area contributed by atoms with Gasteiger partial charge in [0, 0.05) is 23.2 Å². The van der Waals surface area contributed by atoms with Gasteiger partial charge in [0.25, 0.3) is 0 Å². The van der Waals surface area contributed by atoms with E-state index in [4.69, 9.17) is 0 Å². The molecule has 0 N–H and O–H groups in total. The Morgan fingerprint density at radius 1 is 0.722 bits per heavy atom. The minimum absolute atomic E-state index is 0.109. The summed E-state index contributed by atoms with van der Waals surface area (Å²) in [5, 5.41) is 5.26. The number of hydrogen-bond donors (Lipinski definition) is 0. The molecule has 0 atom stereocenters. The van der Waals surface area contributed by atoms with Gasteiger partial charge in [0.1, 0.15) is 0 Å². The third-order valence-corrected chi connectivity index (χ3v) is 8.27. The summed E-state index contributed by atoms with van der Waals surface area (Å²) >= 11 is 0. The Balaban J connectivity index is 1.54. The van der Waals surface area contributed by atoms with E-state index in [0.29, 0.717) is 0 Å². The van der Waals surface area contributed by atoms with E-state index >= 15 is 0 Å². The average Bonchev–Trinajstić information content (AvgIpc) is 3.51. The highest BCUT2D eigenvalue weighted by Crippen LogP contribution is 2.54. The Labute approximate surface area is 209 Å². The molecule has 3 heteroatoms. The molecule has 172 valence electrons. The van der Waals surface area contributed by atoms with Crippen molar-refractivity contribution in [2.45, 2.75) is 19.3 Å². The molecule has 0 amide bonds. The first-order valence-corrected chi connectivity index (χ1v) is 12.5. The second-order valence-corrected chi connectivity index (χ2v) is 10.6. The summed E-state index contributed by atoms with van der Waals surface area (Å²) in [6.45, 7) is 4.78. The Morgan fingerprint density at radius 3 is 2.36 bits per heavy atom. The number of imidazole rings is 1. The monoisotopic (exact) mass is 463 g/mol. The fourth-order valence-corrected chi connectivity index (χ4v) is 6.68. The van der Waals surface area contributed by atoms with Crippen LogP contribution in [0.15, 0.2) is 97.3 Å². The van der Waals surface area contributed by atoms with Crippen molar-refractivity contribution < 1.29 is 0 Å². The van der Waals surface area contributed by atoms with Gasteiger partial charge in [-0.25, -0.2) is 4.98 Å². The largest absolute Gasteiger partial charge is 0.332 e. The fraction of sp³-hybridized carbons (Fsp3) is 0.121. The van der Waals surface area contributed by atoms with Crippen LogP contribution in [0.1, 0.15) is 25.0 Å². The molecule has 3 nitrogen and oxygen atoms in total. The van der Waals surface area contributed by atoms with Crippen LogP contribution < -0.4 is 0 Å². The molecule has 36 heavy (non-hydrogen) atoms. The van der Waals surface area contributed by atoms with Gasteiger partial charge in [-0.05, 0) is 69.4 Å². The molecule has 1 aliphatic carbocycles. The van der Waals surface area contributed by atoms with E-state index in [1.54, 1.807) is 0 Å². The molecule has 8 rings (SSSR count). The molecule has 0 saturated heterocycles. The number of aromatic nitrogens is 3. The number of benzene rings is 5. The number of rotatable bonds is 1. The molecule has 5 aromatic carbocycles. The molecule has 2 aromatic heterocycles. The van der Waals surface area contributed by atoms with Crippen LogP contribution in [-0.2, 0) is 12.5 Å². The first-order valence-electron chi connectivity index (χ1n) is 12.5. The third kappa shape index (κ3) is 2.35. The lowest BCUT2D eigenvalue weighted by atomic mass is 9.80. The SMILES string of the molecule is Cn1cnc2cccc(-n3c4ccccc4c4c5c(ccc43)-c3cc4ccccc4cc3C5(C)C)c21. The van der Waals surface area contributed by atoms with Crippen molar-refractivity contribution >= 4 is 43.6 Å². The Morgan fingerprint density at radius 2 is 1.50 bits per heavy atom. The van der Waals surface area contributed by atoms with Crippen LogP contribution in [0.5, 0.6) is 0 Å². The normalized spacial score (nSPS) is 14.2. The van der Waals surface area contributed by atoms with E-state index in [2.05, 4.69) is 126 Å². The van der Waals surface area contributed by atoms with Gasteiger partial charge in [-0.1, -0.05) is 68.4 Å². The van der Waals surface area contributed by atoms with E-state index in [9.17, 15) is 0 Å². The van der Waals surface area contributed by atoms with Crippen LogP contribution in [0.2, 0.25) is 0 Å². The van der Waals surface area contributed by atoms with Crippen molar-refractivity contribution in [3.05, 3.63) is 108 Å². The highest BCUT2D eigenvalue weighted by Gasteiger charge is 2.38. The summed E-state index contributed by atoms with van der Waals surface area (Å²) in [6.07, 6.45) is 1.91. The zero-order chi connectivity index (χ0) is 24.2. The van der Waals surface area contributed by atoms with Gasteiger partial charge in [-0.3, -0.25) is 0 Å².